The van der Waals surface area contributed by atoms with Gasteiger partial charge >= 0.3 is 0 Å². The van der Waals surface area contributed by atoms with E-state index in [0.717, 1.165) is 30.6 Å². The SMILES string of the molecule is Cc1nn(C)c(Cl)c1[C@H]1CCCN1C(=O)COc1ccccc1. The minimum Gasteiger partial charge on any atom is -0.484 e. The quantitative estimate of drug-likeness (QED) is 0.863. The molecule has 1 aromatic carbocycles. The monoisotopic (exact) mass is 333 g/mol. The highest BCUT2D eigenvalue weighted by atomic mass is 35.5. The molecule has 1 aliphatic rings. The van der Waals surface area contributed by atoms with Gasteiger partial charge in [0.25, 0.3) is 5.91 Å². The third kappa shape index (κ3) is 3.20. The summed E-state index contributed by atoms with van der Waals surface area (Å²) in [6.07, 6.45) is 1.87. The van der Waals surface area contributed by atoms with Gasteiger partial charge in [0.1, 0.15) is 10.9 Å². The van der Waals surface area contributed by atoms with E-state index in [4.69, 9.17) is 16.3 Å². The molecule has 1 saturated heterocycles. The second kappa shape index (κ2) is 6.62. The van der Waals surface area contributed by atoms with Gasteiger partial charge in [-0.2, -0.15) is 5.10 Å². The van der Waals surface area contributed by atoms with Crippen molar-refractivity contribution in [1.82, 2.24) is 14.7 Å². The Kier molecular flexibility index (Phi) is 4.57. The second-order valence-corrected chi connectivity index (χ2v) is 6.12. The topological polar surface area (TPSA) is 47.4 Å². The first-order valence-corrected chi connectivity index (χ1v) is 8.12. The highest BCUT2D eigenvalue weighted by Crippen LogP contribution is 2.37. The van der Waals surface area contributed by atoms with Crippen LogP contribution in [-0.2, 0) is 11.8 Å². The summed E-state index contributed by atoms with van der Waals surface area (Å²) in [6, 6.07) is 9.36. The van der Waals surface area contributed by atoms with Crippen molar-refractivity contribution >= 4 is 17.5 Å². The summed E-state index contributed by atoms with van der Waals surface area (Å²) in [4.78, 5) is 14.4. The standard InChI is InChI=1S/C17H20ClN3O2/c1-12-16(17(18)20(2)19-12)14-9-6-10-21(14)15(22)11-23-13-7-4-3-5-8-13/h3-5,7-8,14H,6,9-11H2,1-2H3/t14-/m1/s1. The smallest absolute Gasteiger partial charge is 0.261 e. The van der Waals surface area contributed by atoms with Crippen molar-refractivity contribution in [3.8, 4) is 5.75 Å². The van der Waals surface area contributed by atoms with E-state index in [0.29, 0.717) is 10.9 Å². The predicted molar refractivity (Wildman–Crippen MR) is 88.6 cm³/mol. The van der Waals surface area contributed by atoms with Gasteiger partial charge in [0, 0.05) is 19.2 Å². The number of aryl methyl sites for hydroxylation is 2. The number of carbonyl (C=O) groups is 1. The summed E-state index contributed by atoms with van der Waals surface area (Å²) in [5, 5.41) is 4.97. The molecule has 2 aromatic rings. The van der Waals surface area contributed by atoms with E-state index in [1.807, 2.05) is 49.2 Å². The fourth-order valence-corrected chi connectivity index (χ4v) is 3.44. The van der Waals surface area contributed by atoms with Gasteiger partial charge in [-0.25, -0.2) is 0 Å². The zero-order valence-corrected chi connectivity index (χ0v) is 14.1. The van der Waals surface area contributed by atoms with Gasteiger partial charge in [0.15, 0.2) is 6.61 Å². The molecule has 0 saturated carbocycles. The van der Waals surface area contributed by atoms with Crippen LogP contribution >= 0.6 is 11.6 Å². The molecule has 0 spiro atoms. The van der Waals surface area contributed by atoms with Crippen molar-refractivity contribution in [2.45, 2.75) is 25.8 Å². The van der Waals surface area contributed by atoms with E-state index in [1.165, 1.54) is 0 Å². The number of nitrogens with zero attached hydrogens (tertiary/aromatic N) is 3. The number of rotatable bonds is 4. The van der Waals surface area contributed by atoms with Gasteiger partial charge in [-0.15, -0.1) is 0 Å². The number of carbonyl (C=O) groups excluding carboxylic acids is 1. The number of ether oxygens (including phenoxy) is 1. The molecule has 3 rings (SSSR count). The van der Waals surface area contributed by atoms with Crippen LogP contribution in [-0.4, -0.2) is 33.7 Å². The van der Waals surface area contributed by atoms with Crippen LogP contribution in [0.5, 0.6) is 5.75 Å². The van der Waals surface area contributed by atoms with Crippen molar-refractivity contribution in [3.05, 3.63) is 46.7 Å². The Bertz CT molecular complexity index is 699. The normalized spacial score (nSPS) is 17.5. The maximum absolute atomic E-state index is 12.6. The molecule has 0 N–H and O–H groups in total. The summed E-state index contributed by atoms with van der Waals surface area (Å²) in [7, 11) is 1.82. The van der Waals surface area contributed by atoms with Gasteiger partial charge in [-0.05, 0) is 31.9 Å². The highest BCUT2D eigenvalue weighted by molar-refractivity contribution is 6.30. The summed E-state index contributed by atoms with van der Waals surface area (Å²) in [5.41, 5.74) is 1.84. The molecular formula is C17H20ClN3O2. The number of benzene rings is 1. The van der Waals surface area contributed by atoms with Crippen molar-refractivity contribution in [2.24, 2.45) is 7.05 Å². The molecule has 2 heterocycles. The average Bonchev–Trinajstić information content (AvgIpc) is 3.11. The predicted octanol–water partition coefficient (Wildman–Crippen LogP) is 3.12. The van der Waals surface area contributed by atoms with Crippen molar-refractivity contribution in [3.63, 3.8) is 0 Å². The summed E-state index contributed by atoms with van der Waals surface area (Å²) in [5.74, 6) is 0.683. The number of likely N-dealkylation sites (tertiary alicyclic amines) is 1. The van der Waals surface area contributed by atoms with Crippen LogP contribution in [0.2, 0.25) is 5.15 Å². The molecule has 23 heavy (non-hydrogen) atoms. The number of hydrogen-bond donors (Lipinski definition) is 0. The van der Waals surface area contributed by atoms with Crippen LogP contribution in [0.15, 0.2) is 30.3 Å². The van der Waals surface area contributed by atoms with E-state index in [9.17, 15) is 4.79 Å². The first kappa shape index (κ1) is 15.9. The second-order valence-electron chi connectivity index (χ2n) is 5.76. The molecule has 0 bridgehead atoms. The molecule has 1 aliphatic heterocycles. The molecule has 6 heteroatoms. The van der Waals surface area contributed by atoms with Crippen LogP contribution in [0.25, 0.3) is 0 Å². The third-order valence-electron chi connectivity index (χ3n) is 4.21. The Morgan fingerprint density at radius 3 is 2.78 bits per heavy atom. The van der Waals surface area contributed by atoms with Crippen molar-refractivity contribution in [2.75, 3.05) is 13.2 Å². The molecular weight excluding hydrogens is 314 g/mol. The van der Waals surface area contributed by atoms with Crippen LogP contribution in [0.1, 0.15) is 30.1 Å². The fourth-order valence-electron chi connectivity index (χ4n) is 3.14. The van der Waals surface area contributed by atoms with Gasteiger partial charge < -0.3 is 9.64 Å². The number of amides is 1. The van der Waals surface area contributed by atoms with E-state index in [2.05, 4.69) is 5.10 Å². The lowest BCUT2D eigenvalue weighted by Crippen LogP contribution is -2.34. The van der Waals surface area contributed by atoms with E-state index >= 15 is 0 Å². The van der Waals surface area contributed by atoms with E-state index in [-0.39, 0.29) is 18.6 Å². The van der Waals surface area contributed by atoms with Crippen molar-refractivity contribution in [1.29, 1.82) is 0 Å². The van der Waals surface area contributed by atoms with Crippen LogP contribution in [0, 0.1) is 6.92 Å². The third-order valence-corrected chi connectivity index (χ3v) is 4.66. The number of halogens is 1. The van der Waals surface area contributed by atoms with Crippen LogP contribution < -0.4 is 4.74 Å². The molecule has 0 unspecified atom stereocenters. The summed E-state index contributed by atoms with van der Waals surface area (Å²) in [6.45, 7) is 2.70. The number of hydrogen-bond acceptors (Lipinski definition) is 3. The van der Waals surface area contributed by atoms with Gasteiger partial charge in [-0.3, -0.25) is 9.48 Å². The summed E-state index contributed by atoms with van der Waals surface area (Å²) >= 11 is 6.37. The molecule has 122 valence electrons. The highest BCUT2D eigenvalue weighted by Gasteiger charge is 2.34. The first-order valence-electron chi connectivity index (χ1n) is 7.74. The Morgan fingerprint density at radius 2 is 2.13 bits per heavy atom. The number of aromatic nitrogens is 2. The Labute approximate surface area is 140 Å². The minimum atomic E-state index is -0.0179. The maximum atomic E-state index is 12.6. The fraction of sp³-hybridized carbons (Fsp3) is 0.412. The lowest BCUT2D eigenvalue weighted by Gasteiger charge is -2.25. The molecule has 1 atom stereocenters. The average molecular weight is 334 g/mol. The maximum Gasteiger partial charge on any atom is 0.261 e. The van der Waals surface area contributed by atoms with Gasteiger partial charge in [0.05, 0.1) is 11.7 Å². The molecule has 0 aliphatic carbocycles. The van der Waals surface area contributed by atoms with Crippen LogP contribution in [0.3, 0.4) is 0 Å². The van der Waals surface area contributed by atoms with E-state index < -0.39 is 0 Å². The molecule has 5 nitrogen and oxygen atoms in total. The largest absolute Gasteiger partial charge is 0.484 e. The molecule has 1 aromatic heterocycles. The molecule has 0 radical (unpaired) electrons. The Morgan fingerprint density at radius 1 is 1.39 bits per heavy atom. The molecule has 1 fully saturated rings. The minimum absolute atomic E-state index is 0.0110. The zero-order chi connectivity index (χ0) is 16.4. The Hall–Kier alpha value is -2.01. The van der Waals surface area contributed by atoms with E-state index in [1.54, 1.807) is 4.68 Å². The first-order chi connectivity index (χ1) is 11.1. The summed E-state index contributed by atoms with van der Waals surface area (Å²) < 4.78 is 7.25. The van der Waals surface area contributed by atoms with Crippen molar-refractivity contribution < 1.29 is 9.53 Å². The zero-order valence-electron chi connectivity index (χ0n) is 13.3. The lowest BCUT2D eigenvalue weighted by molar-refractivity contribution is -0.134. The van der Waals surface area contributed by atoms with Gasteiger partial charge in [0.2, 0.25) is 0 Å². The molecule has 1 amide bonds. The lowest BCUT2D eigenvalue weighted by atomic mass is 10.1. The Balaban J connectivity index is 1.72. The van der Waals surface area contributed by atoms with Gasteiger partial charge in [-0.1, -0.05) is 29.8 Å². The van der Waals surface area contributed by atoms with Crippen LogP contribution in [0.4, 0.5) is 0 Å². The number of para-hydroxylation sites is 1.